The van der Waals surface area contributed by atoms with Crippen molar-refractivity contribution in [1.29, 1.82) is 5.26 Å². The van der Waals surface area contributed by atoms with Crippen LogP contribution in [0.5, 0.6) is 0 Å². The fourth-order valence-electron chi connectivity index (χ4n) is 1.95. The van der Waals surface area contributed by atoms with Crippen LogP contribution in [0.4, 0.5) is 0 Å². The maximum Gasteiger partial charge on any atom is 0.164 e. The number of thiocarbonyl (C=S) groups is 1. The number of nitriles is 1. The Morgan fingerprint density at radius 1 is 1.67 bits per heavy atom. The van der Waals surface area contributed by atoms with Gasteiger partial charge >= 0.3 is 0 Å². The van der Waals surface area contributed by atoms with E-state index < -0.39 is 4.33 Å². The third-order valence-electron chi connectivity index (χ3n) is 2.86. The Balaban J connectivity index is 2.87. The summed E-state index contributed by atoms with van der Waals surface area (Å²) >= 11 is 17.4. The Morgan fingerprint density at radius 2 is 2.27 bits per heavy atom. The SMILES string of the molecule is CCOC(=S)[C@@H]1[C@@H](C#N)CC(Cl)(Cl)[C@H]1C. The second-order valence-electron chi connectivity index (χ2n) is 3.77. The molecule has 1 fully saturated rings. The van der Waals surface area contributed by atoms with E-state index in [-0.39, 0.29) is 17.8 Å². The first-order valence-electron chi connectivity index (χ1n) is 4.88. The molecule has 84 valence electrons. The summed E-state index contributed by atoms with van der Waals surface area (Å²) in [4.78, 5) is 0. The minimum Gasteiger partial charge on any atom is -0.487 e. The lowest BCUT2D eigenvalue weighted by Crippen LogP contribution is -2.27. The zero-order valence-corrected chi connectivity index (χ0v) is 11.0. The minimum absolute atomic E-state index is 0.0514. The van der Waals surface area contributed by atoms with Crippen molar-refractivity contribution in [1.82, 2.24) is 0 Å². The van der Waals surface area contributed by atoms with Gasteiger partial charge < -0.3 is 4.74 Å². The first-order valence-corrected chi connectivity index (χ1v) is 6.04. The van der Waals surface area contributed by atoms with Crippen LogP contribution in [0.2, 0.25) is 0 Å². The van der Waals surface area contributed by atoms with Gasteiger partial charge in [0.1, 0.15) is 4.33 Å². The maximum atomic E-state index is 9.02. The average Bonchev–Trinajstić information content (AvgIpc) is 2.38. The van der Waals surface area contributed by atoms with Gasteiger partial charge in [0.05, 0.1) is 18.6 Å². The highest BCUT2D eigenvalue weighted by Gasteiger charge is 2.51. The number of rotatable bonds is 2. The predicted molar refractivity (Wildman–Crippen MR) is 65.0 cm³/mol. The summed E-state index contributed by atoms with van der Waals surface area (Å²) in [6, 6.07) is 2.20. The van der Waals surface area contributed by atoms with Crippen molar-refractivity contribution in [2.24, 2.45) is 17.8 Å². The van der Waals surface area contributed by atoms with E-state index in [1.165, 1.54) is 0 Å². The molecule has 0 radical (unpaired) electrons. The molecule has 0 aromatic carbocycles. The van der Waals surface area contributed by atoms with Gasteiger partial charge in [0.2, 0.25) is 0 Å². The van der Waals surface area contributed by atoms with Crippen LogP contribution in [-0.2, 0) is 4.74 Å². The van der Waals surface area contributed by atoms with Crippen LogP contribution in [0, 0.1) is 29.1 Å². The lowest BCUT2D eigenvalue weighted by molar-refractivity contribution is 0.289. The summed E-state index contributed by atoms with van der Waals surface area (Å²) in [5, 5.41) is 9.48. The number of hydrogen-bond donors (Lipinski definition) is 0. The fraction of sp³-hybridized carbons (Fsp3) is 0.800. The van der Waals surface area contributed by atoms with E-state index in [1.54, 1.807) is 0 Å². The topological polar surface area (TPSA) is 33.0 Å². The van der Waals surface area contributed by atoms with Crippen LogP contribution in [0.3, 0.4) is 0 Å². The molecular weight excluding hydrogens is 253 g/mol. The van der Waals surface area contributed by atoms with Crippen LogP contribution < -0.4 is 0 Å². The van der Waals surface area contributed by atoms with Crippen LogP contribution in [0.25, 0.3) is 0 Å². The molecule has 0 aliphatic heterocycles. The van der Waals surface area contributed by atoms with E-state index >= 15 is 0 Å². The summed E-state index contributed by atoms with van der Waals surface area (Å²) in [7, 11) is 0. The molecule has 0 amide bonds. The molecular formula is C10H13Cl2NOS. The van der Waals surface area contributed by atoms with E-state index in [0.29, 0.717) is 18.1 Å². The van der Waals surface area contributed by atoms with E-state index in [0.717, 1.165) is 0 Å². The molecule has 15 heavy (non-hydrogen) atoms. The molecule has 1 rings (SSSR count). The molecule has 0 unspecified atom stereocenters. The zero-order chi connectivity index (χ0) is 11.6. The summed E-state index contributed by atoms with van der Waals surface area (Å²) < 4.78 is 4.42. The van der Waals surface area contributed by atoms with Gasteiger partial charge in [0.15, 0.2) is 5.05 Å². The predicted octanol–water partition coefficient (Wildman–Crippen LogP) is 3.32. The second kappa shape index (κ2) is 4.86. The molecule has 0 aromatic rings. The summed E-state index contributed by atoms with van der Waals surface area (Å²) in [5.41, 5.74) is 0. The third kappa shape index (κ3) is 2.55. The molecule has 3 atom stereocenters. The Bertz CT molecular complexity index is 300. The molecule has 0 saturated heterocycles. The van der Waals surface area contributed by atoms with E-state index in [4.69, 9.17) is 45.4 Å². The molecule has 0 N–H and O–H groups in total. The van der Waals surface area contributed by atoms with E-state index in [1.807, 2.05) is 13.8 Å². The van der Waals surface area contributed by atoms with Crippen LogP contribution >= 0.6 is 35.4 Å². The van der Waals surface area contributed by atoms with Gasteiger partial charge in [0, 0.05) is 11.8 Å². The number of nitrogens with zero attached hydrogens (tertiary/aromatic N) is 1. The third-order valence-corrected chi connectivity index (χ3v) is 4.24. The highest BCUT2D eigenvalue weighted by atomic mass is 35.5. The molecule has 5 heteroatoms. The number of alkyl halides is 2. The van der Waals surface area contributed by atoms with Gasteiger partial charge in [-0.25, -0.2) is 0 Å². The lowest BCUT2D eigenvalue weighted by atomic mass is 9.92. The van der Waals surface area contributed by atoms with Crippen LogP contribution in [-0.4, -0.2) is 16.0 Å². The van der Waals surface area contributed by atoms with Crippen molar-refractivity contribution in [3.63, 3.8) is 0 Å². The van der Waals surface area contributed by atoms with Gasteiger partial charge in [-0.3, -0.25) is 0 Å². The second-order valence-corrected chi connectivity index (χ2v) is 5.71. The summed E-state index contributed by atoms with van der Waals surface area (Å²) in [6.07, 6.45) is 0.450. The average molecular weight is 266 g/mol. The smallest absolute Gasteiger partial charge is 0.164 e. The summed E-state index contributed by atoms with van der Waals surface area (Å²) in [6.45, 7) is 4.28. The fourth-order valence-corrected chi connectivity index (χ4v) is 3.04. The monoisotopic (exact) mass is 265 g/mol. The Hall–Kier alpha value is -0.0400. The first kappa shape index (κ1) is 13.0. The highest BCUT2D eigenvalue weighted by molar-refractivity contribution is 7.80. The molecule has 1 aliphatic rings. The van der Waals surface area contributed by atoms with Gasteiger partial charge in [-0.15, -0.1) is 23.2 Å². The molecule has 1 saturated carbocycles. The Morgan fingerprint density at radius 3 is 2.73 bits per heavy atom. The van der Waals surface area contributed by atoms with Gasteiger partial charge in [0.25, 0.3) is 0 Å². The minimum atomic E-state index is -0.869. The molecule has 0 aromatic heterocycles. The van der Waals surface area contributed by atoms with Crippen molar-refractivity contribution in [2.45, 2.75) is 24.6 Å². The maximum absolute atomic E-state index is 9.02. The highest BCUT2D eigenvalue weighted by Crippen LogP contribution is 2.51. The standard InChI is InChI=1S/C10H13Cl2NOS/c1-3-14-9(15)8-6(2)10(11,12)4-7(8)5-13/h6-8H,3-4H2,1-2H3/t6-,7+,8-/m0/s1. The van der Waals surface area contributed by atoms with Crippen molar-refractivity contribution >= 4 is 40.5 Å². The molecule has 2 nitrogen and oxygen atoms in total. The van der Waals surface area contributed by atoms with Crippen LogP contribution in [0.1, 0.15) is 20.3 Å². The van der Waals surface area contributed by atoms with Crippen molar-refractivity contribution in [2.75, 3.05) is 6.61 Å². The number of ether oxygens (including phenoxy) is 1. The molecule has 1 aliphatic carbocycles. The largest absolute Gasteiger partial charge is 0.487 e. The van der Waals surface area contributed by atoms with Gasteiger partial charge in [-0.05, 0) is 25.6 Å². The molecule has 0 heterocycles. The first-order chi connectivity index (χ1) is 6.94. The number of halogens is 2. The zero-order valence-electron chi connectivity index (χ0n) is 8.67. The Labute approximate surface area is 105 Å². The van der Waals surface area contributed by atoms with Crippen molar-refractivity contribution < 1.29 is 4.74 Å². The number of hydrogen-bond acceptors (Lipinski definition) is 3. The van der Waals surface area contributed by atoms with E-state index in [9.17, 15) is 0 Å². The van der Waals surface area contributed by atoms with Crippen LogP contribution in [0.15, 0.2) is 0 Å². The van der Waals surface area contributed by atoms with Crippen molar-refractivity contribution in [3.8, 4) is 6.07 Å². The molecule has 0 spiro atoms. The van der Waals surface area contributed by atoms with Gasteiger partial charge in [-0.2, -0.15) is 5.26 Å². The molecule has 0 bridgehead atoms. The Kier molecular flexibility index (Phi) is 4.22. The summed E-state index contributed by atoms with van der Waals surface area (Å²) in [5.74, 6) is -0.432. The normalized spacial score (nSPS) is 33.4. The van der Waals surface area contributed by atoms with Crippen molar-refractivity contribution in [3.05, 3.63) is 0 Å². The van der Waals surface area contributed by atoms with E-state index in [2.05, 4.69) is 6.07 Å². The quantitative estimate of drug-likeness (QED) is 0.567. The lowest BCUT2D eigenvalue weighted by Gasteiger charge is -2.23. The van der Waals surface area contributed by atoms with Gasteiger partial charge in [-0.1, -0.05) is 6.92 Å².